The highest BCUT2D eigenvalue weighted by Gasteiger charge is 2.27. The van der Waals surface area contributed by atoms with E-state index in [1.807, 2.05) is 13.8 Å². The van der Waals surface area contributed by atoms with Crippen molar-refractivity contribution in [1.82, 2.24) is 10.2 Å². The molecule has 1 N–H and O–H groups in total. The van der Waals surface area contributed by atoms with Crippen molar-refractivity contribution in [2.24, 2.45) is 0 Å². The standard InChI is InChI=1S/C16H24N4/c1-3-18-16(2,13-17)14-19-9-11-20(12-10-19)15-7-5-4-6-8-15/h4-8,18H,3,9-12,14H2,1-2H3. The molecule has 2 rings (SSSR count). The molecule has 108 valence electrons. The molecule has 0 amide bonds. The summed E-state index contributed by atoms with van der Waals surface area (Å²) in [7, 11) is 0. The molecule has 1 aromatic rings. The summed E-state index contributed by atoms with van der Waals surface area (Å²) in [5.74, 6) is 0. The minimum absolute atomic E-state index is 0.441. The van der Waals surface area contributed by atoms with Gasteiger partial charge in [-0.3, -0.25) is 10.2 Å². The van der Waals surface area contributed by atoms with E-state index < -0.39 is 5.54 Å². The van der Waals surface area contributed by atoms with E-state index in [2.05, 4.69) is 51.5 Å². The van der Waals surface area contributed by atoms with Gasteiger partial charge in [0.1, 0.15) is 5.54 Å². The van der Waals surface area contributed by atoms with Crippen LogP contribution in [0.4, 0.5) is 5.69 Å². The third-order valence-corrected chi connectivity index (χ3v) is 3.85. The van der Waals surface area contributed by atoms with Gasteiger partial charge < -0.3 is 4.90 Å². The van der Waals surface area contributed by atoms with Crippen molar-refractivity contribution >= 4 is 5.69 Å². The number of rotatable bonds is 5. The average Bonchev–Trinajstić information content (AvgIpc) is 2.49. The second-order valence-electron chi connectivity index (χ2n) is 5.57. The molecular formula is C16H24N4. The molecule has 1 aliphatic rings. The van der Waals surface area contributed by atoms with E-state index in [1.54, 1.807) is 0 Å². The number of anilines is 1. The topological polar surface area (TPSA) is 42.3 Å². The lowest BCUT2D eigenvalue weighted by Gasteiger charge is -2.39. The molecule has 20 heavy (non-hydrogen) atoms. The van der Waals surface area contributed by atoms with Crippen LogP contribution in [0.1, 0.15) is 13.8 Å². The van der Waals surface area contributed by atoms with Crippen LogP contribution in [0.2, 0.25) is 0 Å². The van der Waals surface area contributed by atoms with E-state index in [9.17, 15) is 5.26 Å². The summed E-state index contributed by atoms with van der Waals surface area (Å²) in [4.78, 5) is 4.79. The summed E-state index contributed by atoms with van der Waals surface area (Å²) < 4.78 is 0. The lowest BCUT2D eigenvalue weighted by atomic mass is 10.0. The Labute approximate surface area is 122 Å². The number of likely N-dealkylation sites (N-methyl/N-ethyl adjacent to an activating group) is 1. The molecule has 0 saturated carbocycles. The molecule has 1 fully saturated rings. The first-order valence-electron chi connectivity index (χ1n) is 7.35. The van der Waals surface area contributed by atoms with E-state index in [1.165, 1.54) is 5.69 Å². The third-order valence-electron chi connectivity index (χ3n) is 3.85. The first-order valence-corrected chi connectivity index (χ1v) is 7.35. The Bertz CT molecular complexity index is 445. The van der Waals surface area contributed by atoms with Gasteiger partial charge in [0.2, 0.25) is 0 Å². The van der Waals surface area contributed by atoms with E-state index in [-0.39, 0.29) is 0 Å². The Balaban J connectivity index is 1.87. The summed E-state index contributed by atoms with van der Waals surface area (Å²) in [5, 5.41) is 12.6. The Morgan fingerprint density at radius 3 is 2.40 bits per heavy atom. The van der Waals surface area contributed by atoms with Crippen molar-refractivity contribution < 1.29 is 0 Å². The molecule has 0 aliphatic carbocycles. The molecule has 0 radical (unpaired) electrons. The van der Waals surface area contributed by atoms with Crippen LogP contribution in [-0.4, -0.2) is 49.7 Å². The van der Waals surface area contributed by atoms with E-state index >= 15 is 0 Å². The van der Waals surface area contributed by atoms with Gasteiger partial charge in [-0.1, -0.05) is 25.1 Å². The molecule has 0 aromatic heterocycles. The summed E-state index contributed by atoms with van der Waals surface area (Å²) in [6.45, 7) is 9.72. The van der Waals surface area contributed by atoms with Gasteiger partial charge in [0.25, 0.3) is 0 Å². The number of nitrogens with zero attached hydrogens (tertiary/aromatic N) is 3. The smallest absolute Gasteiger partial charge is 0.116 e. The predicted octanol–water partition coefficient (Wildman–Crippen LogP) is 1.70. The van der Waals surface area contributed by atoms with Crippen molar-refractivity contribution in [1.29, 1.82) is 5.26 Å². The highest BCUT2D eigenvalue weighted by Crippen LogP contribution is 2.16. The molecule has 1 aromatic carbocycles. The zero-order valence-electron chi connectivity index (χ0n) is 12.5. The molecule has 0 bridgehead atoms. The highest BCUT2D eigenvalue weighted by molar-refractivity contribution is 5.46. The van der Waals surface area contributed by atoms with Crippen LogP contribution in [0.25, 0.3) is 0 Å². The van der Waals surface area contributed by atoms with Crippen LogP contribution in [0.5, 0.6) is 0 Å². The van der Waals surface area contributed by atoms with Gasteiger partial charge in [0.05, 0.1) is 6.07 Å². The van der Waals surface area contributed by atoms with Gasteiger partial charge in [0.15, 0.2) is 0 Å². The molecule has 1 saturated heterocycles. The highest BCUT2D eigenvalue weighted by atomic mass is 15.3. The van der Waals surface area contributed by atoms with Gasteiger partial charge in [0, 0.05) is 38.4 Å². The normalized spacial score (nSPS) is 19.4. The Morgan fingerprint density at radius 2 is 1.85 bits per heavy atom. The molecule has 0 spiro atoms. The summed E-state index contributed by atoms with van der Waals surface area (Å²) >= 11 is 0. The minimum atomic E-state index is -0.441. The maximum absolute atomic E-state index is 9.33. The van der Waals surface area contributed by atoms with Crippen LogP contribution >= 0.6 is 0 Å². The minimum Gasteiger partial charge on any atom is -0.369 e. The first-order chi connectivity index (χ1) is 9.67. The first kappa shape index (κ1) is 14.8. The van der Waals surface area contributed by atoms with Crippen molar-refractivity contribution in [2.75, 3.05) is 44.2 Å². The molecule has 1 atom stereocenters. The maximum atomic E-state index is 9.33. The monoisotopic (exact) mass is 272 g/mol. The van der Waals surface area contributed by atoms with E-state index in [4.69, 9.17) is 0 Å². The molecule has 4 nitrogen and oxygen atoms in total. The summed E-state index contributed by atoms with van der Waals surface area (Å²) in [5.41, 5.74) is 0.853. The predicted molar refractivity (Wildman–Crippen MR) is 82.8 cm³/mol. The summed E-state index contributed by atoms with van der Waals surface area (Å²) in [6, 6.07) is 12.9. The Hall–Kier alpha value is -1.57. The average molecular weight is 272 g/mol. The molecule has 1 unspecified atom stereocenters. The number of hydrogen-bond acceptors (Lipinski definition) is 4. The second kappa shape index (κ2) is 6.74. The van der Waals surface area contributed by atoms with E-state index in [0.29, 0.717) is 0 Å². The van der Waals surface area contributed by atoms with Crippen molar-refractivity contribution in [3.8, 4) is 6.07 Å². The van der Waals surface area contributed by atoms with Crippen LogP contribution < -0.4 is 10.2 Å². The van der Waals surface area contributed by atoms with Crippen molar-refractivity contribution in [3.05, 3.63) is 30.3 Å². The quantitative estimate of drug-likeness (QED) is 0.886. The van der Waals surface area contributed by atoms with Crippen molar-refractivity contribution in [3.63, 3.8) is 0 Å². The maximum Gasteiger partial charge on any atom is 0.116 e. The zero-order chi connectivity index (χ0) is 14.4. The van der Waals surface area contributed by atoms with Gasteiger partial charge in [-0.25, -0.2) is 0 Å². The zero-order valence-corrected chi connectivity index (χ0v) is 12.5. The second-order valence-corrected chi connectivity index (χ2v) is 5.57. The lowest BCUT2D eigenvalue weighted by molar-refractivity contribution is 0.210. The van der Waals surface area contributed by atoms with E-state index in [0.717, 1.165) is 39.3 Å². The molecular weight excluding hydrogens is 248 g/mol. The number of benzene rings is 1. The summed E-state index contributed by atoms with van der Waals surface area (Å²) in [6.07, 6.45) is 0. The molecule has 4 heteroatoms. The van der Waals surface area contributed by atoms with Gasteiger partial charge >= 0.3 is 0 Å². The van der Waals surface area contributed by atoms with Crippen LogP contribution in [0, 0.1) is 11.3 Å². The largest absolute Gasteiger partial charge is 0.369 e. The Morgan fingerprint density at radius 1 is 1.20 bits per heavy atom. The molecule has 1 heterocycles. The van der Waals surface area contributed by atoms with Crippen LogP contribution in [-0.2, 0) is 0 Å². The Kier molecular flexibility index (Phi) is 4.99. The fourth-order valence-corrected chi connectivity index (χ4v) is 2.77. The van der Waals surface area contributed by atoms with Gasteiger partial charge in [-0.15, -0.1) is 0 Å². The van der Waals surface area contributed by atoms with Crippen molar-refractivity contribution in [2.45, 2.75) is 19.4 Å². The van der Waals surface area contributed by atoms with Gasteiger partial charge in [-0.05, 0) is 25.6 Å². The van der Waals surface area contributed by atoms with Crippen LogP contribution in [0.15, 0.2) is 30.3 Å². The van der Waals surface area contributed by atoms with Gasteiger partial charge in [-0.2, -0.15) is 5.26 Å². The SMILES string of the molecule is CCNC(C)(C#N)CN1CCN(c2ccccc2)CC1. The number of hydrogen-bond donors (Lipinski definition) is 1. The van der Waals surface area contributed by atoms with Crippen LogP contribution in [0.3, 0.4) is 0 Å². The number of para-hydroxylation sites is 1. The fourth-order valence-electron chi connectivity index (χ4n) is 2.77. The third kappa shape index (κ3) is 3.72. The number of nitrogens with one attached hydrogen (secondary N) is 1. The molecule has 1 aliphatic heterocycles. The number of nitriles is 1. The fraction of sp³-hybridized carbons (Fsp3) is 0.562. The number of piperazine rings is 1. The lowest BCUT2D eigenvalue weighted by Crippen LogP contribution is -2.55.